The molecule has 0 aliphatic carbocycles. The van der Waals surface area contributed by atoms with Crippen LogP contribution in [-0.2, 0) is 13.0 Å². The molecular weight excluding hydrogens is 302 g/mol. The van der Waals surface area contributed by atoms with Crippen molar-refractivity contribution in [2.45, 2.75) is 32.9 Å². The number of rotatable bonds is 5. The van der Waals surface area contributed by atoms with Gasteiger partial charge in [0.2, 0.25) is 0 Å². The first kappa shape index (κ1) is 14.6. The van der Waals surface area contributed by atoms with Gasteiger partial charge in [0.1, 0.15) is 5.58 Å². The van der Waals surface area contributed by atoms with E-state index >= 15 is 0 Å². The van der Waals surface area contributed by atoms with Gasteiger partial charge >= 0.3 is 0 Å². The van der Waals surface area contributed by atoms with Gasteiger partial charge < -0.3 is 9.73 Å². The summed E-state index contributed by atoms with van der Waals surface area (Å²) in [4.78, 5) is 2.77. The van der Waals surface area contributed by atoms with E-state index in [1.165, 1.54) is 9.75 Å². The number of fused-ring (bicyclic) bond motifs is 1. The molecule has 0 aliphatic heterocycles. The molecule has 0 radical (unpaired) electrons. The SMILES string of the molecule is Cc1ccc(CC(C)NCc2c(Cl)oc3ccccc23)s1. The van der Waals surface area contributed by atoms with Crippen molar-refractivity contribution in [3.63, 3.8) is 0 Å². The first-order chi connectivity index (χ1) is 10.1. The minimum Gasteiger partial charge on any atom is -0.444 e. The molecule has 3 rings (SSSR count). The summed E-state index contributed by atoms with van der Waals surface area (Å²) >= 11 is 8.07. The second-order valence-corrected chi connectivity index (χ2v) is 7.06. The number of halogens is 1. The summed E-state index contributed by atoms with van der Waals surface area (Å²) in [5.41, 5.74) is 1.89. The van der Waals surface area contributed by atoms with Gasteiger partial charge in [0.25, 0.3) is 0 Å². The average Bonchev–Trinajstić information content (AvgIpc) is 2.99. The molecule has 2 nitrogen and oxygen atoms in total. The monoisotopic (exact) mass is 319 g/mol. The van der Waals surface area contributed by atoms with Crippen LogP contribution in [0.3, 0.4) is 0 Å². The van der Waals surface area contributed by atoms with Gasteiger partial charge in [0.05, 0.1) is 0 Å². The van der Waals surface area contributed by atoms with Crippen molar-refractivity contribution < 1.29 is 4.42 Å². The van der Waals surface area contributed by atoms with Crippen molar-refractivity contribution in [2.75, 3.05) is 0 Å². The third-order valence-corrected chi connectivity index (χ3v) is 4.91. The summed E-state index contributed by atoms with van der Waals surface area (Å²) in [6, 6.07) is 12.7. The normalized spacial score (nSPS) is 12.9. The van der Waals surface area contributed by atoms with Crippen LogP contribution in [0.2, 0.25) is 5.22 Å². The Bertz CT molecular complexity index is 746. The molecule has 0 aliphatic rings. The van der Waals surface area contributed by atoms with Crippen LogP contribution >= 0.6 is 22.9 Å². The van der Waals surface area contributed by atoms with Gasteiger partial charge in [-0.15, -0.1) is 11.3 Å². The molecule has 4 heteroatoms. The molecule has 1 unspecified atom stereocenters. The zero-order chi connectivity index (χ0) is 14.8. The third-order valence-electron chi connectivity index (χ3n) is 3.58. The number of aryl methyl sites for hydroxylation is 1. The first-order valence-electron chi connectivity index (χ1n) is 7.08. The van der Waals surface area contributed by atoms with Gasteiger partial charge in [-0.25, -0.2) is 0 Å². The molecule has 0 amide bonds. The van der Waals surface area contributed by atoms with Crippen molar-refractivity contribution in [2.24, 2.45) is 0 Å². The van der Waals surface area contributed by atoms with E-state index in [1.54, 1.807) is 0 Å². The van der Waals surface area contributed by atoms with E-state index in [9.17, 15) is 0 Å². The molecule has 0 spiro atoms. The van der Waals surface area contributed by atoms with Crippen LogP contribution in [0.1, 0.15) is 22.2 Å². The van der Waals surface area contributed by atoms with Crippen LogP contribution in [0.25, 0.3) is 11.0 Å². The Morgan fingerprint density at radius 1 is 1.24 bits per heavy atom. The van der Waals surface area contributed by atoms with Crippen molar-refractivity contribution in [3.05, 3.63) is 56.9 Å². The molecule has 110 valence electrons. The Kier molecular flexibility index (Phi) is 4.34. The highest BCUT2D eigenvalue weighted by molar-refractivity contribution is 7.11. The van der Waals surface area contributed by atoms with Crippen molar-refractivity contribution in [1.82, 2.24) is 5.32 Å². The Labute approximate surface area is 133 Å². The predicted molar refractivity (Wildman–Crippen MR) is 90.3 cm³/mol. The summed E-state index contributed by atoms with van der Waals surface area (Å²) in [7, 11) is 0. The van der Waals surface area contributed by atoms with Gasteiger partial charge in [-0.2, -0.15) is 0 Å². The summed E-state index contributed by atoms with van der Waals surface area (Å²) < 4.78 is 5.58. The smallest absolute Gasteiger partial charge is 0.199 e. The number of thiophene rings is 1. The largest absolute Gasteiger partial charge is 0.444 e. The lowest BCUT2D eigenvalue weighted by molar-refractivity contribution is 0.542. The molecule has 1 aromatic carbocycles. The van der Waals surface area contributed by atoms with E-state index in [4.69, 9.17) is 16.0 Å². The number of hydrogen-bond donors (Lipinski definition) is 1. The van der Waals surface area contributed by atoms with Crippen LogP contribution in [0.15, 0.2) is 40.8 Å². The van der Waals surface area contributed by atoms with E-state index < -0.39 is 0 Å². The molecule has 0 saturated heterocycles. The minimum atomic E-state index is 0.396. The van der Waals surface area contributed by atoms with Gasteiger partial charge in [0, 0.05) is 33.3 Å². The van der Waals surface area contributed by atoms with Gasteiger partial charge in [0.15, 0.2) is 5.22 Å². The fourth-order valence-corrected chi connectivity index (χ4v) is 3.75. The van der Waals surface area contributed by atoms with Crippen LogP contribution in [0.4, 0.5) is 0 Å². The first-order valence-corrected chi connectivity index (χ1v) is 8.27. The maximum atomic E-state index is 6.21. The zero-order valence-corrected chi connectivity index (χ0v) is 13.7. The highest BCUT2D eigenvalue weighted by Crippen LogP contribution is 2.29. The van der Waals surface area contributed by atoms with Gasteiger partial charge in [-0.1, -0.05) is 18.2 Å². The molecule has 2 aromatic heterocycles. The number of hydrogen-bond acceptors (Lipinski definition) is 3. The lowest BCUT2D eigenvalue weighted by Gasteiger charge is -2.12. The molecule has 1 atom stereocenters. The Balaban J connectivity index is 1.67. The molecular formula is C17H18ClNOS. The van der Waals surface area contributed by atoms with E-state index in [2.05, 4.69) is 37.4 Å². The molecule has 21 heavy (non-hydrogen) atoms. The molecule has 0 bridgehead atoms. The third kappa shape index (κ3) is 3.31. The standard InChI is InChI=1S/C17H18ClNOS/c1-11(9-13-8-7-12(2)21-13)19-10-15-14-5-3-4-6-16(14)20-17(15)18/h3-8,11,19H,9-10H2,1-2H3. The maximum absolute atomic E-state index is 6.21. The van der Waals surface area contributed by atoms with E-state index in [0.29, 0.717) is 11.3 Å². The minimum absolute atomic E-state index is 0.396. The fraction of sp³-hybridized carbons (Fsp3) is 0.294. The second-order valence-electron chi connectivity index (χ2n) is 5.35. The lowest BCUT2D eigenvalue weighted by atomic mass is 10.1. The van der Waals surface area contributed by atoms with Crippen LogP contribution in [-0.4, -0.2) is 6.04 Å². The average molecular weight is 320 g/mol. The number of furan rings is 1. The second kappa shape index (κ2) is 6.22. The molecule has 3 aromatic rings. The fourth-order valence-electron chi connectivity index (χ4n) is 2.48. The van der Waals surface area contributed by atoms with Crippen LogP contribution in [0, 0.1) is 6.92 Å². The quantitative estimate of drug-likeness (QED) is 0.701. The van der Waals surface area contributed by atoms with Crippen molar-refractivity contribution >= 4 is 33.9 Å². The zero-order valence-electron chi connectivity index (χ0n) is 12.2. The van der Waals surface area contributed by atoms with Crippen molar-refractivity contribution in [1.29, 1.82) is 0 Å². The summed E-state index contributed by atoms with van der Waals surface area (Å²) in [6.07, 6.45) is 1.03. The van der Waals surface area contributed by atoms with Crippen LogP contribution in [0.5, 0.6) is 0 Å². The highest BCUT2D eigenvalue weighted by atomic mass is 35.5. The summed E-state index contributed by atoms with van der Waals surface area (Å²) in [6.45, 7) is 5.07. The predicted octanol–water partition coefficient (Wildman–Crippen LogP) is 5.18. The van der Waals surface area contributed by atoms with Gasteiger partial charge in [-0.3, -0.25) is 0 Å². The lowest BCUT2D eigenvalue weighted by Crippen LogP contribution is -2.27. The molecule has 0 fully saturated rings. The molecule has 2 heterocycles. The number of benzene rings is 1. The Morgan fingerprint density at radius 3 is 2.81 bits per heavy atom. The topological polar surface area (TPSA) is 25.2 Å². The Morgan fingerprint density at radius 2 is 2.05 bits per heavy atom. The molecule has 1 N–H and O–H groups in total. The van der Waals surface area contributed by atoms with Crippen LogP contribution < -0.4 is 5.32 Å². The highest BCUT2D eigenvalue weighted by Gasteiger charge is 2.13. The number of para-hydroxylation sites is 1. The maximum Gasteiger partial charge on any atom is 0.199 e. The van der Waals surface area contributed by atoms with E-state index in [-0.39, 0.29) is 0 Å². The summed E-state index contributed by atoms with van der Waals surface area (Å²) in [5.74, 6) is 0. The van der Waals surface area contributed by atoms with Gasteiger partial charge in [-0.05, 0) is 50.1 Å². The molecule has 0 saturated carbocycles. The van der Waals surface area contributed by atoms with E-state index in [1.807, 2.05) is 29.5 Å². The van der Waals surface area contributed by atoms with Crippen molar-refractivity contribution in [3.8, 4) is 0 Å². The Hall–Kier alpha value is -1.29. The summed E-state index contributed by atoms with van der Waals surface area (Å²) in [5, 5.41) is 5.12. The number of nitrogens with one attached hydrogen (secondary N) is 1. The van der Waals surface area contributed by atoms with E-state index in [0.717, 1.165) is 29.5 Å².